The third-order valence-corrected chi connectivity index (χ3v) is 4.76. The fourth-order valence-electron chi connectivity index (χ4n) is 2.13. The summed E-state index contributed by atoms with van der Waals surface area (Å²) in [5, 5.41) is 0.747. The third kappa shape index (κ3) is 4.24. The largest absolute Gasteiger partial charge is 0.377 e. The average Bonchev–Trinajstić information content (AvgIpc) is 2.29. The quantitative estimate of drug-likeness (QED) is 0.772. The van der Waals surface area contributed by atoms with Gasteiger partial charge in [0.1, 0.15) is 0 Å². The summed E-state index contributed by atoms with van der Waals surface area (Å²) in [5.74, 6) is 1.26. The third-order valence-electron chi connectivity index (χ3n) is 3.42. The monoisotopic (exact) mass is 246 g/mol. The van der Waals surface area contributed by atoms with Crippen molar-refractivity contribution in [3.8, 4) is 0 Å². The zero-order valence-corrected chi connectivity index (χ0v) is 11.6. The Labute approximate surface area is 104 Å². The van der Waals surface area contributed by atoms with E-state index in [1.54, 1.807) is 0 Å². The summed E-state index contributed by atoms with van der Waals surface area (Å²) < 4.78 is 5.59. The minimum atomic E-state index is 0.238. The van der Waals surface area contributed by atoms with E-state index in [4.69, 9.17) is 10.5 Å². The molecule has 1 aliphatic heterocycles. The Morgan fingerprint density at radius 2 is 2.25 bits per heavy atom. The molecule has 0 saturated carbocycles. The van der Waals surface area contributed by atoms with Crippen LogP contribution in [0.5, 0.6) is 0 Å². The van der Waals surface area contributed by atoms with E-state index < -0.39 is 0 Å². The van der Waals surface area contributed by atoms with Gasteiger partial charge in [-0.2, -0.15) is 11.8 Å². The van der Waals surface area contributed by atoms with Crippen LogP contribution in [0.1, 0.15) is 27.2 Å². The summed E-state index contributed by atoms with van der Waals surface area (Å²) in [7, 11) is 0. The van der Waals surface area contributed by atoms with Gasteiger partial charge in [0, 0.05) is 43.3 Å². The highest BCUT2D eigenvalue weighted by Gasteiger charge is 2.25. The van der Waals surface area contributed by atoms with E-state index in [9.17, 15) is 0 Å². The van der Waals surface area contributed by atoms with Crippen molar-refractivity contribution in [2.75, 3.05) is 32.0 Å². The predicted octanol–water partition coefficient (Wildman–Crippen LogP) is 1.57. The smallest absolute Gasteiger partial charge is 0.0709 e. The molecular formula is C12H26N2OS. The van der Waals surface area contributed by atoms with Crippen LogP contribution < -0.4 is 5.73 Å². The van der Waals surface area contributed by atoms with Gasteiger partial charge in [0.15, 0.2) is 0 Å². The van der Waals surface area contributed by atoms with Crippen molar-refractivity contribution in [2.24, 2.45) is 5.73 Å². The fraction of sp³-hybridized carbons (Fsp3) is 1.00. The molecule has 3 unspecified atom stereocenters. The van der Waals surface area contributed by atoms with E-state index >= 15 is 0 Å². The molecule has 0 aromatic heterocycles. The Hall–Kier alpha value is 0.230. The SMILES string of the molecule is CCOC(CN)CCN1CCSC(C)C1C. The molecule has 0 spiro atoms. The van der Waals surface area contributed by atoms with Gasteiger partial charge >= 0.3 is 0 Å². The molecule has 1 fully saturated rings. The van der Waals surface area contributed by atoms with Crippen LogP contribution in [-0.2, 0) is 4.74 Å². The maximum atomic E-state index is 5.69. The van der Waals surface area contributed by atoms with Crippen molar-refractivity contribution in [2.45, 2.75) is 44.6 Å². The molecule has 2 N–H and O–H groups in total. The number of hydrogen-bond donors (Lipinski definition) is 1. The van der Waals surface area contributed by atoms with Gasteiger partial charge in [-0.15, -0.1) is 0 Å². The lowest BCUT2D eigenvalue weighted by Crippen LogP contribution is -2.46. The van der Waals surface area contributed by atoms with Gasteiger partial charge in [0.25, 0.3) is 0 Å². The molecule has 0 radical (unpaired) electrons. The van der Waals surface area contributed by atoms with Gasteiger partial charge in [0.2, 0.25) is 0 Å². The molecule has 3 nitrogen and oxygen atoms in total. The van der Waals surface area contributed by atoms with Gasteiger partial charge in [-0.25, -0.2) is 0 Å². The standard InChI is InChI=1S/C12H26N2OS/c1-4-15-12(9-13)5-6-14-7-8-16-11(3)10(14)2/h10-12H,4-9,13H2,1-3H3. The zero-order chi connectivity index (χ0) is 12.0. The second-order valence-corrected chi connectivity index (χ2v) is 5.94. The summed E-state index contributed by atoms with van der Waals surface area (Å²) >= 11 is 2.08. The molecule has 0 aromatic carbocycles. The molecule has 0 aliphatic carbocycles. The lowest BCUT2D eigenvalue weighted by Gasteiger charge is -2.38. The minimum Gasteiger partial charge on any atom is -0.377 e. The van der Waals surface area contributed by atoms with Crippen molar-refractivity contribution in [3.63, 3.8) is 0 Å². The number of nitrogens with zero attached hydrogens (tertiary/aromatic N) is 1. The van der Waals surface area contributed by atoms with Crippen molar-refractivity contribution < 1.29 is 4.74 Å². The number of nitrogens with two attached hydrogens (primary N) is 1. The first-order chi connectivity index (χ1) is 7.69. The Morgan fingerprint density at radius 1 is 1.50 bits per heavy atom. The van der Waals surface area contributed by atoms with Crippen molar-refractivity contribution in [1.29, 1.82) is 0 Å². The second kappa shape index (κ2) is 7.54. The average molecular weight is 246 g/mol. The Balaban J connectivity index is 2.29. The molecular weight excluding hydrogens is 220 g/mol. The lowest BCUT2D eigenvalue weighted by atomic mass is 10.1. The summed E-state index contributed by atoms with van der Waals surface area (Å²) in [5.41, 5.74) is 5.69. The maximum absolute atomic E-state index is 5.69. The first-order valence-electron chi connectivity index (χ1n) is 6.36. The summed E-state index contributed by atoms with van der Waals surface area (Å²) in [6.07, 6.45) is 1.30. The molecule has 0 bridgehead atoms. The van der Waals surface area contributed by atoms with Crippen LogP contribution in [0, 0.1) is 0 Å². The van der Waals surface area contributed by atoms with Crippen molar-refractivity contribution in [3.05, 3.63) is 0 Å². The van der Waals surface area contributed by atoms with Crippen LogP contribution in [0.15, 0.2) is 0 Å². The van der Waals surface area contributed by atoms with Gasteiger partial charge in [-0.05, 0) is 20.3 Å². The van der Waals surface area contributed by atoms with Crippen LogP contribution in [0.3, 0.4) is 0 Å². The fourth-order valence-corrected chi connectivity index (χ4v) is 3.29. The zero-order valence-electron chi connectivity index (χ0n) is 10.8. The molecule has 96 valence electrons. The van der Waals surface area contributed by atoms with E-state index in [1.807, 2.05) is 6.92 Å². The summed E-state index contributed by atoms with van der Waals surface area (Å²) in [6.45, 7) is 10.4. The first kappa shape index (κ1) is 14.3. The van der Waals surface area contributed by atoms with Gasteiger partial charge in [-0.3, -0.25) is 4.90 Å². The maximum Gasteiger partial charge on any atom is 0.0709 e. The van der Waals surface area contributed by atoms with Crippen LogP contribution >= 0.6 is 11.8 Å². The molecule has 1 rings (SSSR count). The van der Waals surface area contributed by atoms with Crippen LogP contribution in [0.2, 0.25) is 0 Å². The molecule has 4 heteroatoms. The van der Waals surface area contributed by atoms with E-state index in [-0.39, 0.29) is 6.10 Å². The molecule has 16 heavy (non-hydrogen) atoms. The van der Waals surface area contributed by atoms with Gasteiger partial charge in [0.05, 0.1) is 6.10 Å². The van der Waals surface area contributed by atoms with Crippen molar-refractivity contribution >= 4 is 11.8 Å². The molecule has 1 heterocycles. The number of rotatable bonds is 6. The Bertz CT molecular complexity index is 192. The second-order valence-electron chi connectivity index (χ2n) is 4.45. The summed E-state index contributed by atoms with van der Waals surface area (Å²) in [6, 6.07) is 0.679. The molecule has 3 atom stereocenters. The van der Waals surface area contributed by atoms with Crippen LogP contribution in [0.4, 0.5) is 0 Å². The molecule has 1 saturated heterocycles. The van der Waals surface area contributed by atoms with E-state index in [0.29, 0.717) is 12.6 Å². The molecule has 0 amide bonds. The summed E-state index contributed by atoms with van der Waals surface area (Å²) in [4.78, 5) is 2.57. The lowest BCUT2D eigenvalue weighted by molar-refractivity contribution is 0.0508. The predicted molar refractivity (Wildman–Crippen MR) is 72.0 cm³/mol. The van der Waals surface area contributed by atoms with Gasteiger partial charge in [-0.1, -0.05) is 6.92 Å². The first-order valence-corrected chi connectivity index (χ1v) is 7.41. The van der Waals surface area contributed by atoms with E-state index in [2.05, 4.69) is 30.5 Å². The molecule has 0 aromatic rings. The van der Waals surface area contributed by atoms with Gasteiger partial charge < -0.3 is 10.5 Å². The van der Waals surface area contributed by atoms with Crippen LogP contribution in [0.25, 0.3) is 0 Å². The number of ether oxygens (including phenoxy) is 1. The van der Waals surface area contributed by atoms with Crippen molar-refractivity contribution in [1.82, 2.24) is 4.90 Å². The van der Waals surface area contributed by atoms with E-state index in [1.165, 1.54) is 12.3 Å². The Kier molecular flexibility index (Phi) is 6.73. The topological polar surface area (TPSA) is 38.5 Å². The van der Waals surface area contributed by atoms with E-state index in [0.717, 1.165) is 24.8 Å². The van der Waals surface area contributed by atoms with Crippen LogP contribution in [-0.4, -0.2) is 54.3 Å². The highest BCUT2D eigenvalue weighted by Crippen LogP contribution is 2.24. The molecule has 1 aliphatic rings. The normalized spacial score (nSPS) is 29.2. The Morgan fingerprint density at radius 3 is 2.88 bits per heavy atom. The number of thioether (sulfide) groups is 1. The number of hydrogen-bond acceptors (Lipinski definition) is 4. The minimum absolute atomic E-state index is 0.238. The highest BCUT2D eigenvalue weighted by atomic mass is 32.2. The highest BCUT2D eigenvalue weighted by molar-refractivity contribution is 8.00.